The summed E-state index contributed by atoms with van der Waals surface area (Å²) in [4.78, 5) is 22.4. The van der Waals surface area contributed by atoms with Gasteiger partial charge >= 0.3 is 11.8 Å². The second-order valence-corrected chi connectivity index (χ2v) is 3.34. The van der Waals surface area contributed by atoms with Crippen LogP contribution in [0.3, 0.4) is 0 Å². The number of nitrogens with one attached hydrogen (secondary N) is 1. The van der Waals surface area contributed by atoms with Crippen LogP contribution < -0.4 is 5.32 Å². The van der Waals surface area contributed by atoms with Crippen molar-refractivity contribution in [3.63, 3.8) is 0 Å². The molecule has 1 N–H and O–H groups in total. The topological polar surface area (TPSA) is 61.8 Å². The zero-order chi connectivity index (χ0) is 11.4. The number of carbonyl (C=O) groups is 2. The first kappa shape index (κ1) is 10.4. The van der Waals surface area contributed by atoms with Gasteiger partial charge in [0.25, 0.3) is 0 Å². The number of carbonyl (C=O) groups excluding carboxylic acids is 2. The van der Waals surface area contributed by atoms with Crippen LogP contribution in [0.15, 0.2) is 35.4 Å². The first-order valence-electron chi connectivity index (χ1n) is 4.96. The van der Waals surface area contributed by atoms with Gasteiger partial charge < -0.3 is 5.32 Å². The minimum Gasteiger partial charge on any atom is -0.346 e. The number of hydrazone groups is 1. The van der Waals surface area contributed by atoms with Crippen molar-refractivity contribution in [1.29, 1.82) is 0 Å². The van der Waals surface area contributed by atoms with Crippen LogP contribution in [0.5, 0.6) is 0 Å². The van der Waals surface area contributed by atoms with Gasteiger partial charge in [0, 0.05) is 6.54 Å². The van der Waals surface area contributed by atoms with E-state index in [4.69, 9.17) is 0 Å². The highest BCUT2D eigenvalue weighted by molar-refractivity contribution is 6.35. The van der Waals surface area contributed by atoms with Crippen molar-refractivity contribution in [2.24, 2.45) is 5.10 Å². The van der Waals surface area contributed by atoms with Crippen LogP contribution in [0.25, 0.3) is 0 Å². The lowest BCUT2D eigenvalue weighted by Gasteiger charge is -2.21. The van der Waals surface area contributed by atoms with E-state index in [0.717, 1.165) is 5.56 Å². The lowest BCUT2D eigenvalue weighted by molar-refractivity contribution is -0.148. The normalized spacial score (nSPS) is 16.6. The van der Waals surface area contributed by atoms with Gasteiger partial charge in [0.15, 0.2) is 0 Å². The van der Waals surface area contributed by atoms with Crippen LogP contribution in [0.1, 0.15) is 5.56 Å². The minimum atomic E-state index is -0.613. The fraction of sp³-hybridized carbons (Fsp3) is 0.182. The molecule has 0 aliphatic carbocycles. The third kappa shape index (κ3) is 2.25. The molecule has 1 heterocycles. The highest BCUT2D eigenvalue weighted by Gasteiger charge is 2.25. The Hall–Kier alpha value is -2.17. The summed E-state index contributed by atoms with van der Waals surface area (Å²) < 4.78 is 0. The zero-order valence-electron chi connectivity index (χ0n) is 8.59. The molecule has 1 fully saturated rings. The molecule has 16 heavy (non-hydrogen) atoms. The second kappa shape index (κ2) is 4.57. The maximum absolute atomic E-state index is 11.3. The molecule has 0 bridgehead atoms. The summed E-state index contributed by atoms with van der Waals surface area (Å²) in [6.45, 7) is 0.852. The van der Waals surface area contributed by atoms with Gasteiger partial charge in [-0.3, -0.25) is 9.59 Å². The van der Waals surface area contributed by atoms with Gasteiger partial charge in [-0.05, 0) is 5.56 Å². The minimum absolute atomic E-state index is 0.411. The Morgan fingerprint density at radius 1 is 1.25 bits per heavy atom. The highest BCUT2D eigenvalue weighted by Crippen LogP contribution is 1.99. The van der Waals surface area contributed by atoms with Gasteiger partial charge in [-0.2, -0.15) is 5.10 Å². The van der Waals surface area contributed by atoms with Crippen LogP contribution in [0, 0.1) is 0 Å². The second-order valence-electron chi connectivity index (χ2n) is 3.34. The summed E-state index contributed by atoms with van der Waals surface area (Å²) in [6.07, 6.45) is 1.57. The molecule has 1 aliphatic heterocycles. The van der Waals surface area contributed by atoms with Crippen molar-refractivity contribution in [2.45, 2.75) is 0 Å². The van der Waals surface area contributed by atoms with E-state index in [1.54, 1.807) is 6.21 Å². The molecule has 1 saturated heterocycles. The Morgan fingerprint density at radius 3 is 2.75 bits per heavy atom. The predicted molar refractivity (Wildman–Crippen MR) is 58.8 cm³/mol. The molecule has 0 radical (unpaired) electrons. The molecule has 82 valence electrons. The van der Waals surface area contributed by atoms with Gasteiger partial charge in [0.05, 0.1) is 12.8 Å². The molecule has 5 nitrogen and oxygen atoms in total. The lowest BCUT2D eigenvalue weighted by atomic mass is 10.2. The van der Waals surface area contributed by atoms with Gasteiger partial charge in [0.2, 0.25) is 0 Å². The third-order valence-electron chi connectivity index (χ3n) is 2.18. The molecule has 0 aromatic heterocycles. The Bertz CT molecular complexity index is 428. The van der Waals surface area contributed by atoms with Gasteiger partial charge in [-0.25, -0.2) is 5.01 Å². The van der Waals surface area contributed by atoms with E-state index < -0.39 is 11.8 Å². The van der Waals surface area contributed by atoms with E-state index in [1.807, 2.05) is 30.3 Å². The summed E-state index contributed by atoms with van der Waals surface area (Å²) in [7, 11) is 0. The molecule has 5 heteroatoms. The average molecular weight is 217 g/mol. The van der Waals surface area contributed by atoms with Crippen molar-refractivity contribution in [3.05, 3.63) is 35.9 Å². The number of benzene rings is 1. The maximum Gasteiger partial charge on any atom is 0.331 e. The Morgan fingerprint density at radius 2 is 2.00 bits per heavy atom. The molecule has 1 aliphatic rings. The zero-order valence-corrected chi connectivity index (χ0v) is 8.59. The number of amides is 2. The molecular formula is C11H11N3O2. The van der Waals surface area contributed by atoms with Crippen molar-refractivity contribution >= 4 is 18.0 Å². The fourth-order valence-electron chi connectivity index (χ4n) is 1.36. The molecule has 0 saturated carbocycles. The van der Waals surface area contributed by atoms with Crippen LogP contribution in [-0.4, -0.2) is 36.1 Å². The van der Waals surface area contributed by atoms with E-state index in [2.05, 4.69) is 10.4 Å². The van der Waals surface area contributed by atoms with Crippen molar-refractivity contribution in [2.75, 3.05) is 13.1 Å². The SMILES string of the molecule is O=C1NCCN(/N=C/c2ccccc2)C1=O. The van der Waals surface area contributed by atoms with Crippen LogP contribution in [-0.2, 0) is 9.59 Å². The third-order valence-corrected chi connectivity index (χ3v) is 2.18. The average Bonchev–Trinajstić information content (AvgIpc) is 2.32. The molecule has 0 spiro atoms. The Kier molecular flexibility index (Phi) is 2.95. The first-order chi connectivity index (χ1) is 7.77. The number of piperazine rings is 1. The number of hydrogen-bond acceptors (Lipinski definition) is 3. The monoisotopic (exact) mass is 217 g/mol. The number of nitrogens with zero attached hydrogens (tertiary/aromatic N) is 2. The van der Waals surface area contributed by atoms with E-state index in [0.29, 0.717) is 13.1 Å². The van der Waals surface area contributed by atoms with Crippen LogP contribution in [0.2, 0.25) is 0 Å². The summed E-state index contributed by atoms with van der Waals surface area (Å²) in [5.41, 5.74) is 0.890. The van der Waals surface area contributed by atoms with Crippen molar-refractivity contribution < 1.29 is 9.59 Å². The molecule has 0 unspecified atom stereocenters. The smallest absolute Gasteiger partial charge is 0.331 e. The summed E-state index contributed by atoms with van der Waals surface area (Å²) in [5.74, 6) is -1.21. The molecular weight excluding hydrogens is 206 g/mol. The first-order valence-corrected chi connectivity index (χ1v) is 4.96. The van der Waals surface area contributed by atoms with E-state index in [9.17, 15) is 9.59 Å². The largest absolute Gasteiger partial charge is 0.346 e. The van der Waals surface area contributed by atoms with Crippen LogP contribution in [0.4, 0.5) is 0 Å². The number of hydrogen-bond donors (Lipinski definition) is 1. The van der Waals surface area contributed by atoms with Gasteiger partial charge in [-0.15, -0.1) is 0 Å². The molecule has 1 aromatic rings. The van der Waals surface area contributed by atoms with E-state index in [-0.39, 0.29) is 0 Å². The fourth-order valence-corrected chi connectivity index (χ4v) is 1.36. The summed E-state index contributed by atoms with van der Waals surface area (Å²) in [5, 5.41) is 7.61. The van der Waals surface area contributed by atoms with Gasteiger partial charge in [0.1, 0.15) is 0 Å². The van der Waals surface area contributed by atoms with Gasteiger partial charge in [-0.1, -0.05) is 30.3 Å². The maximum atomic E-state index is 11.3. The molecule has 2 rings (SSSR count). The van der Waals surface area contributed by atoms with E-state index >= 15 is 0 Å². The van der Waals surface area contributed by atoms with Crippen molar-refractivity contribution in [3.8, 4) is 0 Å². The standard InChI is InChI=1S/C11H11N3O2/c15-10-11(16)14(7-6-12-10)13-8-9-4-2-1-3-5-9/h1-5,8H,6-7H2,(H,12,15)/b13-8+. The Labute approximate surface area is 92.7 Å². The molecule has 2 amide bonds. The van der Waals surface area contributed by atoms with E-state index in [1.165, 1.54) is 5.01 Å². The van der Waals surface area contributed by atoms with Crippen molar-refractivity contribution in [1.82, 2.24) is 10.3 Å². The summed E-state index contributed by atoms with van der Waals surface area (Å²) >= 11 is 0. The highest BCUT2D eigenvalue weighted by atomic mass is 16.2. The van der Waals surface area contributed by atoms with Crippen LogP contribution >= 0.6 is 0 Å². The molecule has 0 atom stereocenters. The molecule has 1 aromatic carbocycles. The Balaban J connectivity index is 2.07. The summed E-state index contributed by atoms with van der Waals surface area (Å²) in [6, 6.07) is 9.41. The lowest BCUT2D eigenvalue weighted by Crippen LogP contribution is -2.49. The predicted octanol–water partition coefficient (Wildman–Crippen LogP) is -0.0211. The quantitative estimate of drug-likeness (QED) is 0.559. The number of rotatable bonds is 2.